The number of cyclic esters (lactones) is 1. The summed E-state index contributed by atoms with van der Waals surface area (Å²) in [6.07, 6.45) is 0. The largest absolute Gasteiger partial charge is 0.465 e. The van der Waals surface area contributed by atoms with Crippen molar-refractivity contribution < 1.29 is 19.1 Å². The summed E-state index contributed by atoms with van der Waals surface area (Å²) < 4.78 is 9.74. The molecule has 5 nitrogen and oxygen atoms in total. The fourth-order valence-corrected chi connectivity index (χ4v) is 2.95. The van der Waals surface area contributed by atoms with Crippen LogP contribution in [0.5, 0.6) is 0 Å². The molecular weight excluding hydrogens is 298 g/mol. The first-order valence-electron chi connectivity index (χ1n) is 5.79. The zero-order chi connectivity index (χ0) is 14.4. The highest BCUT2D eigenvalue weighted by Gasteiger charge is 2.12. The van der Waals surface area contributed by atoms with Crippen molar-refractivity contribution in [3.05, 3.63) is 46.7 Å². The molecule has 0 bridgehead atoms. The molecule has 0 aromatic heterocycles. The molecule has 0 spiro atoms. The average Bonchev–Trinajstić information content (AvgIpc) is 2.69. The smallest absolute Gasteiger partial charge is 0.337 e. The van der Waals surface area contributed by atoms with Gasteiger partial charge >= 0.3 is 11.9 Å². The number of methoxy groups -OCH3 is 1. The molecule has 0 atom stereocenters. The minimum Gasteiger partial charge on any atom is -0.465 e. The maximum Gasteiger partial charge on any atom is 0.337 e. The van der Waals surface area contributed by atoms with Gasteiger partial charge in [-0.15, -0.1) is 0 Å². The summed E-state index contributed by atoms with van der Waals surface area (Å²) in [5.74, 6) is 0.153. The van der Waals surface area contributed by atoms with Crippen LogP contribution in [0.25, 0.3) is 0 Å². The Kier molecular flexibility index (Phi) is 5.37. The lowest BCUT2D eigenvalue weighted by atomic mass is 10.1. The molecule has 20 heavy (non-hydrogen) atoms. The summed E-state index contributed by atoms with van der Waals surface area (Å²) in [4.78, 5) is 22.6. The van der Waals surface area contributed by atoms with Crippen molar-refractivity contribution in [3.8, 4) is 0 Å². The molecular formula is C13H13NO4S2. The van der Waals surface area contributed by atoms with E-state index in [9.17, 15) is 9.59 Å². The van der Waals surface area contributed by atoms with Crippen LogP contribution in [-0.4, -0.2) is 24.8 Å². The Labute approximate surface area is 124 Å². The molecule has 0 amide bonds. The lowest BCUT2D eigenvalue weighted by Crippen LogP contribution is -2.18. The van der Waals surface area contributed by atoms with Crippen LogP contribution < -0.4 is 5.32 Å². The number of benzene rings is 1. The number of ether oxygens (including phenoxy) is 2. The number of carbonyl (C=O) groups excluding carboxylic acids is 2. The molecule has 7 heteroatoms. The van der Waals surface area contributed by atoms with E-state index < -0.39 is 0 Å². The number of nitrogens with one attached hydrogen (secondary N) is 1. The Balaban J connectivity index is 1.92. The maximum atomic E-state index is 11.3. The van der Waals surface area contributed by atoms with Gasteiger partial charge in [0.05, 0.1) is 12.7 Å². The van der Waals surface area contributed by atoms with Crippen LogP contribution in [0.15, 0.2) is 35.6 Å². The van der Waals surface area contributed by atoms with Gasteiger partial charge in [-0.2, -0.15) is 0 Å². The Bertz CT molecular complexity index is 528. The third-order valence-corrected chi connectivity index (χ3v) is 4.32. The van der Waals surface area contributed by atoms with E-state index in [0.29, 0.717) is 23.7 Å². The van der Waals surface area contributed by atoms with Gasteiger partial charge in [-0.1, -0.05) is 33.7 Å². The minimum atomic E-state index is -0.363. The molecule has 1 aliphatic rings. The van der Waals surface area contributed by atoms with Crippen LogP contribution in [0.2, 0.25) is 0 Å². The summed E-state index contributed by atoms with van der Waals surface area (Å²) in [7, 11) is 4.24. The molecule has 1 heterocycles. The average molecular weight is 311 g/mol. The second-order valence-electron chi connectivity index (χ2n) is 3.86. The summed E-state index contributed by atoms with van der Waals surface area (Å²) in [6, 6.07) is 7.03. The van der Waals surface area contributed by atoms with Gasteiger partial charge in [-0.25, -0.2) is 4.79 Å². The Morgan fingerprint density at radius 2 is 2.15 bits per heavy atom. The van der Waals surface area contributed by atoms with Crippen LogP contribution in [0.1, 0.15) is 15.9 Å². The third kappa shape index (κ3) is 4.21. The monoisotopic (exact) mass is 311 g/mol. The van der Waals surface area contributed by atoms with Crippen molar-refractivity contribution in [2.45, 2.75) is 6.54 Å². The highest BCUT2D eigenvalue weighted by atomic mass is 33.1. The van der Waals surface area contributed by atoms with E-state index in [-0.39, 0.29) is 11.9 Å². The zero-order valence-electron chi connectivity index (χ0n) is 10.8. The van der Waals surface area contributed by atoms with Crippen molar-refractivity contribution in [2.75, 3.05) is 12.9 Å². The molecule has 1 aliphatic heterocycles. The van der Waals surface area contributed by atoms with Crippen LogP contribution in [-0.2, 0) is 20.8 Å². The number of carbonyl (C=O) groups is 2. The lowest BCUT2D eigenvalue weighted by molar-refractivity contribution is -0.136. The Morgan fingerprint density at radius 1 is 1.40 bits per heavy atom. The molecule has 1 aromatic carbocycles. The first-order chi connectivity index (χ1) is 9.69. The van der Waals surface area contributed by atoms with Gasteiger partial charge in [-0.05, 0) is 17.7 Å². The molecule has 0 saturated carbocycles. The fourth-order valence-electron chi connectivity index (χ4n) is 1.48. The minimum absolute atomic E-state index is 0.264. The molecule has 1 aromatic rings. The van der Waals surface area contributed by atoms with Gasteiger partial charge in [0.25, 0.3) is 0 Å². The van der Waals surface area contributed by atoms with Gasteiger partial charge in [0, 0.05) is 12.0 Å². The van der Waals surface area contributed by atoms with Crippen LogP contribution in [0.4, 0.5) is 0 Å². The van der Waals surface area contributed by atoms with E-state index in [1.807, 2.05) is 12.1 Å². The predicted octanol–water partition coefficient (Wildman–Crippen LogP) is 2.30. The molecule has 1 N–H and O–H groups in total. The number of hydrogen-bond acceptors (Lipinski definition) is 7. The van der Waals surface area contributed by atoms with Crippen LogP contribution >= 0.6 is 21.6 Å². The predicted molar refractivity (Wildman–Crippen MR) is 78.8 cm³/mol. The first kappa shape index (κ1) is 14.8. The van der Waals surface area contributed by atoms with Gasteiger partial charge < -0.3 is 14.8 Å². The van der Waals surface area contributed by atoms with Gasteiger partial charge in [0.2, 0.25) is 5.88 Å². The van der Waals surface area contributed by atoms with E-state index in [2.05, 4.69) is 10.1 Å². The Morgan fingerprint density at radius 3 is 2.85 bits per heavy atom. The van der Waals surface area contributed by atoms with Crippen molar-refractivity contribution in [3.63, 3.8) is 0 Å². The van der Waals surface area contributed by atoms with Crippen molar-refractivity contribution >= 4 is 33.5 Å². The van der Waals surface area contributed by atoms with Crippen molar-refractivity contribution in [1.29, 1.82) is 0 Å². The second-order valence-corrected chi connectivity index (χ2v) is 6.09. The second kappa shape index (κ2) is 7.25. The van der Waals surface area contributed by atoms with Crippen molar-refractivity contribution in [2.24, 2.45) is 0 Å². The van der Waals surface area contributed by atoms with E-state index in [1.165, 1.54) is 28.7 Å². The lowest BCUT2D eigenvalue weighted by Gasteiger charge is -2.09. The van der Waals surface area contributed by atoms with Crippen LogP contribution in [0.3, 0.4) is 0 Å². The molecule has 0 aliphatic carbocycles. The first-order valence-corrected chi connectivity index (χ1v) is 8.17. The number of rotatable bonds is 4. The van der Waals surface area contributed by atoms with Crippen molar-refractivity contribution in [1.82, 2.24) is 5.32 Å². The van der Waals surface area contributed by atoms with E-state index in [1.54, 1.807) is 17.5 Å². The van der Waals surface area contributed by atoms with Crippen LogP contribution in [0, 0.1) is 0 Å². The maximum absolute atomic E-state index is 11.3. The standard InChI is InChI=1S/C13H13NO4S2/c1-17-13(16)10-4-2-9(3-5-10)6-14-11-7-19-20-8-12(15)18-11/h2-5,7,14H,6,8H2,1H3. The molecule has 0 unspecified atom stereocenters. The highest BCUT2D eigenvalue weighted by Crippen LogP contribution is 2.27. The van der Waals surface area contributed by atoms with Gasteiger partial charge in [-0.3, -0.25) is 4.79 Å². The molecule has 0 saturated heterocycles. The molecule has 0 radical (unpaired) electrons. The summed E-state index contributed by atoms with van der Waals surface area (Å²) in [5, 5.41) is 4.80. The van der Waals surface area contributed by atoms with Gasteiger partial charge in [0.1, 0.15) is 5.75 Å². The number of hydrogen-bond donors (Lipinski definition) is 1. The zero-order valence-corrected chi connectivity index (χ0v) is 12.4. The van der Waals surface area contributed by atoms with E-state index in [4.69, 9.17) is 4.74 Å². The van der Waals surface area contributed by atoms with E-state index >= 15 is 0 Å². The SMILES string of the molecule is COC(=O)c1ccc(CNC2=CSSCC(=O)O2)cc1. The number of esters is 2. The summed E-state index contributed by atoms with van der Waals surface area (Å²) in [6.45, 7) is 0.506. The topological polar surface area (TPSA) is 64.6 Å². The fraction of sp³-hybridized carbons (Fsp3) is 0.231. The molecule has 106 valence electrons. The third-order valence-electron chi connectivity index (χ3n) is 2.47. The van der Waals surface area contributed by atoms with Gasteiger partial charge in [0.15, 0.2) is 0 Å². The Hall–Kier alpha value is -1.60. The summed E-state index contributed by atoms with van der Waals surface area (Å²) in [5.41, 5.74) is 1.47. The summed E-state index contributed by atoms with van der Waals surface area (Å²) >= 11 is 0. The molecule has 0 fully saturated rings. The quantitative estimate of drug-likeness (QED) is 0.676. The normalized spacial score (nSPS) is 14.8. The van der Waals surface area contributed by atoms with E-state index in [0.717, 1.165) is 5.56 Å². The highest BCUT2D eigenvalue weighted by molar-refractivity contribution is 8.78. The molecule has 2 rings (SSSR count).